The molecule has 3 heteroatoms. The van der Waals surface area contributed by atoms with E-state index in [1.807, 2.05) is 24.3 Å². The standard InChI is InChI=1S/C12H15BrO2/c1-9-6-7-10(15-9)8-14-12-5-3-2-4-11(12)13/h2-5,9-10H,6-8H2,1H3. The Morgan fingerprint density at radius 2 is 2.20 bits per heavy atom. The van der Waals surface area contributed by atoms with Crippen LogP contribution in [0.4, 0.5) is 0 Å². The van der Waals surface area contributed by atoms with Gasteiger partial charge in [-0.05, 0) is 47.8 Å². The lowest BCUT2D eigenvalue weighted by Gasteiger charge is -2.13. The molecule has 82 valence electrons. The molecule has 2 atom stereocenters. The summed E-state index contributed by atoms with van der Waals surface area (Å²) in [4.78, 5) is 0. The maximum absolute atomic E-state index is 5.70. The molecule has 2 unspecified atom stereocenters. The van der Waals surface area contributed by atoms with Crippen LogP contribution in [-0.4, -0.2) is 18.8 Å². The summed E-state index contributed by atoms with van der Waals surface area (Å²) >= 11 is 3.45. The Balaban J connectivity index is 1.86. The van der Waals surface area contributed by atoms with Gasteiger partial charge in [0.2, 0.25) is 0 Å². The van der Waals surface area contributed by atoms with Crippen molar-refractivity contribution in [2.45, 2.75) is 32.0 Å². The van der Waals surface area contributed by atoms with Crippen LogP contribution >= 0.6 is 15.9 Å². The molecule has 0 spiro atoms. The molecule has 0 aliphatic carbocycles. The Morgan fingerprint density at radius 3 is 2.87 bits per heavy atom. The summed E-state index contributed by atoms with van der Waals surface area (Å²) in [6.07, 6.45) is 2.89. The summed E-state index contributed by atoms with van der Waals surface area (Å²) in [5.74, 6) is 0.889. The first kappa shape index (κ1) is 11.0. The minimum absolute atomic E-state index is 0.257. The quantitative estimate of drug-likeness (QED) is 0.838. The predicted molar refractivity (Wildman–Crippen MR) is 63.2 cm³/mol. The van der Waals surface area contributed by atoms with Gasteiger partial charge in [-0.25, -0.2) is 0 Å². The predicted octanol–water partition coefficient (Wildman–Crippen LogP) is 3.40. The molecule has 2 rings (SSSR count). The summed E-state index contributed by atoms with van der Waals surface area (Å²) in [7, 11) is 0. The van der Waals surface area contributed by atoms with Gasteiger partial charge in [-0.3, -0.25) is 0 Å². The average molecular weight is 271 g/mol. The minimum Gasteiger partial charge on any atom is -0.490 e. The maximum Gasteiger partial charge on any atom is 0.133 e. The van der Waals surface area contributed by atoms with Crippen LogP contribution in [0.3, 0.4) is 0 Å². The molecule has 1 aliphatic rings. The van der Waals surface area contributed by atoms with Gasteiger partial charge in [-0.15, -0.1) is 0 Å². The second-order valence-corrected chi connectivity index (χ2v) is 4.74. The Hall–Kier alpha value is -0.540. The highest BCUT2D eigenvalue weighted by molar-refractivity contribution is 9.10. The van der Waals surface area contributed by atoms with Crippen molar-refractivity contribution in [1.82, 2.24) is 0 Å². The van der Waals surface area contributed by atoms with Gasteiger partial charge in [0.25, 0.3) is 0 Å². The second kappa shape index (κ2) is 4.99. The normalized spacial score (nSPS) is 25.5. The van der Waals surface area contributed by atoms with E-state index in [2.05, 4.69) is 22.9 Å². The first-order valence-electron chi connectivity index (χ1n) is 5.28. The third-order valence-electron chi connectivity index (χ3n) is 2.58. The summed E-state index contributed by atoms with van der Waals surface area (Å²) in [5.41, 5.74) is 0. The van der Waals surface area contributed by atoms with Gasteiger partial charge in [-0.2, -0.15) is 0 Å². The molecule has 0 aromatic heterocycles. The van der Waals surface area contributed by atoms with Gasteiger partial charge in [0.15, 0.2) is 0 Å². The molecule has 15 heavy (non-hydrogen) atoms. The smallest absolute Gasteiger partial charge is 0.133 e. The van der Waals surface area contributed by atoms with Crippen LogP contribution in [0, 0.1) is 0 Å². The van der Waals surface area contributed by atoms with Crippen molar-refractivity contribution in [3.8, 4) is 5.75 Å². The van der Waals surface area contributed by atoms with Gasteiger partial charge in [0.1, 0.15) is 12.4 Å². The van der Waals surface area contributed by atoms with Crippen molar-refractivity contribution in [1.29, 1.82) is 0 Å². The zero-order valence-corrected chi connectivity index (χ0v) is 10.4. The molecule has 1 aromatic carbocycles. The van der Waals surface area contributed by atoms with Crippen LogP contribution in [0.2, 0.25) is 0 Å². The van der Waals surface area contributed by atoms with Gasteiger partial charge in [-0.1, -0.05) is 12.1 Å². The van der Waals surface area contributed by atoms with Crippen LogP contribution in [0.5, 0.6) is 5.75 Å². The Labute approximate surface area is 98.7 Å². The van der Waals surface area contributed by atoms with E-state index in [1.54, 1.807) is 0 Å². The van der Waals surface area contributed by atoms with Crippen molar-refractivity contribution >= 4 is 15.9 Å². The molecule has 1 aliphatic heterocycles. The number of halogens is 1. The van der Waals surface area contributed by atoms with E-state index >= 15 is 0 Å². The molecule has 0 radical (unpaired) electrons. The monoisotopic (exact) mass is 270 g/mol. The fourth-order valence-electron chi connectivity index (χ4n) is 1.75. The largest absolute Gasteiger partial charge is 0.490 e. The highest BCUT2D eigenvalue weighted by Crippen LogP contribution is 2.25. The highest BCUT2D eigenvalue weighted by atomic mass is 79.9. The van der Waals surface area contributed by atoms with Crippen molar-refractivity contribution in [2.75, 3.05) is 6.61 Å². The lowest BCUT2D eigenvalue weighted by Crippen LogP contribution is -2.17. The number of ether oxygens (including phenoxy) is 2. The van der Waals surface area contributed by atoms with Crippen LogP contribution in [0.25, 0.3) is 0 Å². The van der Waals surface area contributed by atoms with Crippen LogP contribution in [0.15, 0.2) is 28.7 Å². The molecule has 1 saturated heterocycles. The van der Waals surface area contributed by atoms with Crippen molar-refractivity contribution in [3.05, 3.63) is 28.7 Å². The van der Waals surface area contributed by atoms with E-state index in [-0.39, 0.29) is 6.10 Å². The molecule has 1 aromatic rings. The second-order valence-electron chi connectivity index (χ2n) is 3.89. The number of benzene rings is 1. The molecular formula is C12H15BrO2. The molecule has 2 nitrogen and oxygen atoms in total. The number of rotatable bonds is 3. The third kappa shape index (κ3) is 2.95. The minimum atomic E-state index is 0.257. The Bertz CT molecular complexity index is 327. The summed E-state index contributed by atoms with van der Waals surface area (Å²) in [5, 5.41) is 0. The fourth-order valence-corrected chi connectivity index (χ4v) is 2.15. The molecule has 0 amide bonds. The number of hydrogen-bond donors (Lipinski definition) is 0. The molecule has 0 N–H and O–H groups in total. The number of para-hydroxylation sites is 1. The van der Waals surface area contributed by atoms with Gasteiger partial charge in [0, 0.05) is 0 Å². The third-order valence-corrected chi connectivity index (χ3v) is 3.24. The zero-order valence-electron chi connectivity index (χ0n) is 8.78. The SMILES string of the molecule is CC1CCC(COc2ccccc2Br)O1. The fraction of sp³-hybridized carbons (Fsp3) is 0.500. The summed E-state index contributed by atoms with van der Waals surface area (Å²) < 4.78 is 12.4. The molecular weight excluding hydrogens is 256 g/mol. The van der Waals surface area contributed by atoms with E-state index in [0.717, 1.165) is 23.1 Å². The van der Waals surface area contributed by atoms with E-state index in [1.165, 1.54) is 0 Å². The molecule has 0 bridgehead atoms. The Kier molecular flexibility index (Phi) is 3.65. The van der Waals surface area contributed by atoms with Crippen molar-refractivity contribution in [2.24, 2.45) is 0 Å². The topological polar surface area (TPSA) is 18.5 Å². The van der Waals surface area contributed by atoms with Gasteiger partial charge < -0.3 is 9.47 Å². The van der Waals surface area contributed by atoms with Gasteiger partial charge >= 0.3 is 0 Å². The highest BCUT2D eigenvalue weighted by Gasteiger charge is 2.22. The van der Waals surface area contributed by atoms with Crippen LogP contribution < -0.4 is 4.74 Å². The van der Waals surface area contributed by atoms with Crippen molar-refractivity contribution in [3.63, 3.8) is 0 Å². The lowest BCUT2D eigenvalue weighted by molar-refractivity contribution is 0.0263. The van der Waals surface area contributed by atoms with E-state index in [4.69, 9.17) is 9.47 Å². The number of hydrogen-bond acceptors (Lipinski definition) is 2. The molecule has 0 saturated carbocycles. The summed E-state index contributed by atoms with van der Waals surface area (Å²) in [6, 6.07) is 7.89. The lowest BCUT2D eigenvalue weighted by atomic mass is 10.2. The average Bonchev–Trinajstić information content (AvgIpc) is 2.63. The molecule has 1 fully saturated rings. The van der Waals surface area contributed by atoms with E-state index < -0.39 is 0 Å². The molecule has 1 heterocycles. The Morgan fingerprint density at radius 1 is 1.40 bits per heavy atom. The van der Waals surface area contributed by atoms with E-state index in [0.29, 0.717) is 12.7 Å². The van der Waals surface area contributed by atoms with Crippen molar-refractivity contribution < 1.29 is 9.47 Å². The van der Waals surface area contributed by atoms with Crippen LogP contribution in [-0.2, 0) is 4.74 Å². The maximum atomic E-state index is 5.70. The zero-order chi connectivity index (χ0) is 10.7. The van der Waals surface area contributed by atoms with E-state index in [9.17, 15) is 0 Å². The van der Waals surface area contributed by atoms with Gasteiger partial charge in [0.05, 0.1) is 16.7 Å². The first-order chi connectivity index (χ1) is 7.25. The summed E-state index contributed by atoms with van der Waals surface area (Å²) in [6.45, 7) is 2.76. The first-order valence-corrected chi connectivity index (χ1v) is 6.08. The van der Waals surface area contributed by atoms with Crippen LogP contribution in [0.1, 0.15) is 19.8 Å².